The number of aliphatic hydroxyl groups excluding tert-OH is 1. The number of fused-ring (bicyclic) bond motifs is 1. The zero-order valence-corrected chi connectivity index (χ0v) is 12.1. The van der Waals surface area contributed by atoms with Crippen molar-refractivity contribution in [1.29, 1.82) is 0 Å². The van der Waals surface area contributed by atoms with E-state index in [1.165, 1.54) is 5.56 Å². The van der Waals surface area contributed by atoms with E-state index in [1.54, 1.807) is 10.8 Å². The van der Waals surface area contributed by atoms with Crippen LogP contribution in [0.25, 0.3) is 0 Å². The number of aromatic nitrogens is 2. The summed E-state index contributed by atoms with van der Waals surface area (Å²) in [5.74, 6) is 1.53. The Morgan fingerprint density at radius 3 is 3.10 bits per heavy atom. The molecule has 0 spiro atoms. The van der Waals surface area contributed by atoms with Gasteiger partial charge in [-0.05, 0) is 42.5 Å². The molecule has 0 radical (unpaired) electrons. The Balaban J connectivity index is 1.75. The van der Waals surface area contributed by atoms with Gasteiger partial charge in [-0.2, -0.15) is 0 Å². The van der Waals surface area contributed by atoms with Crippen LogP contribution in [0.3, 0.4) is 0 Å². The average molecular weight is 293 g/mol. The molecule has 2 aromatic rings. The molecule has 0 saturated heterocycles. The summed E-state index contributed by atoms with van der Waals surface area (Å²) in [5.41, 5.74) is 2.21. The van der Waals surface area contributed by atoms with E-state index in [0.717, 1.165) is 36.4 Å². The molecule has 1 aliphatic rings. The van der Waals surface area contributed by atoms with Gasteiger partial charge in [0, 0.05) is 7.05 Å². The number of benzene rings is 1. The highest BCUT2D eigenvalue weighted by molar-refractivity contribution is 6.29. The van der Waals surface area contributed by atoms with Crippen molar-refractivity contribution in [2.75, 3.05) is 0 Å². The third kappa shape index (κ3) is 2.53. The highest BCUT2D eigenvalue weighted by Crippen LogP contribution is 2.32. The number of nitrogens with zero attached hydrogens (tertiary/aromatic N) is 2. The zero-order valence-electron chi connectivity index (χ0n) is 11.3. The molecule has 1 heterocycles. The van der Waals surface area contributed by atoms with Crippen molar-refractivity contribution in [3.8, 4) is 5.75 Å². The molecule has 106 valence electrons. The van der Waals surface area contributed by atoms with Crippen LogP contribution in [0.15, 0.2) is 24.4 Å². The van der Waals surface area contributed by atoms with Crippen molar-refractivity contribution < 1.29 is 9.84 Å². The summed E-state index contributed by atoms with van der Waals surface area (Å²) in [4.78, 5) is 4.19. The van der Waals surface area contributed by atoms with Crippen molar-refractivity contribution >= 4 is 11.6 Å². The van der Waals surface area contributed by atoms with Crippen LogP contribution in [0.5, 0.6) is 5.75 Å². The summed E-state index contributed by atoms with van der Waals surface area (Å²) >= 11 is 5.94. The molecular formula is C15H17ClN2O2. The summed E-state index contributed by atoms with van der Waals surface area (Å²) in [6, 6.07) is 5.92. The molecule has 1 aromatic carbocycles. The van der Waals surface area contributed by atoms with Gasteiger partial charge in [-0.15, -0.1) is 0 Å². The predicted octanol–water partition coefficient (Wildman–Crippen LogP) is 3.02. The summed E-state index contributed by atoms with van der Waals surface area (Å²) < 4.78 is 7.53. The van der Waals surface area contributed by atoms with Crippen LogP contribution in [0.1, 0.15) is 35.9 Å². The summed E-state index contributed by atoms with van der Waals surface area (Å²) in [5, 5.41) is 10.6. The van der Waals surface area contributed by atoms with E-state index in [1.807, 2.05) is 25.2 Å². The summed E-state index contributed by atoms with van der Waals surface area (Å²) in [6.45, 7) is 0.359. The summed E-state index contributed by atoms with van der Waals surface area (Å²) in [7, 11) is 1.85. The monoisotopic (exact) mass is 292 g/mol. The molecule has 1 aliphatic carbocycles. The lowest BCUT2D eigenvalue weighted by Crippen LogP contribution is -2.10. The highest BCUT2D eigenvalue weighted by Gasteiger charge is 2.18. The van der Waals surface area contributed by atoms with E-state index in [4.69, 9.17) is 16.3 Å². The molecular weight excluding hydrogens is 276 g/mol. The minimum absolute atomic E-state index is 0.359. The van der Waals surface area contributed by atoms with E-state index >= 15 is 0 Å². The van der Waals surface area contributed by atoms with Crippen LogP contribution in [-0.4, -0.2) is 14.7 Å². The third-order valence-electron chi connectivity index (χ3n) is 3.80. The van der Waals surface area contributed by atoms with Crippen LogP contribution in [0, 0.1) is 0 Å². The van der Waals surface area contributed by atoms with Gasteiger partial charge in [-0.1, -0.05) is 17.7 Å². The van der Waals surface area contributed by atoms with E-state index in [-0.39, 0.29) is 6.10 Å². The second kappa shape index (κ2) is 5.46. The Bertz CT molecular complexity index is 624. The molecule has 20 heavy (non-hydrogen) atoms. The average Bonchev–Trinajstić information content (AvgIpc) is 2.77. The number of ether oxygens (including phenoxy) is 1. The van der Waals surface area contributed by atoms with Crippen LogP contribution >= 0.6 is 11.6 Å². The number of halogens is 1. The van der Waals surface area contributed by atoms with Crippen LogP contribution in [0.4, 0.5) is 0 Å². The lowest BCUT2D eigenvalue weighted by molar-refractivity contribution is 0.156. The molecule has 1 atom stereocenters. The van der Waals surface area contributed by atoms with Crippen molar-refractivity contribution in [3.63, 3.8) is 0 Å². The lowest BCUT2D eigenvalue weighted by Gasteiger charge is -2.21. The van der Waals surface area contributed by atoms with E-state index in [9.17, 15) is 5.11 Å². The number of imidazole rings is 1. The molecule has 0 fully saturated rings. The molecule has 0 amide bonds. The van der Waals surface area contributed by atoms with Crippen molar-refractivity contribution in [2.24, 2.45) is 7.05 Å². The molecule has 4 nitrogen and oxygen atoms in total. The van der Waals surface area contributed by atoms with Crippen LogP contribution < -0.4 is 4.74 Å². The number of aryl methyl sites for hydroxylation is 1. The Hall–Kier alpha value is -1.52. The SMILES string of the molecule is Cn1c(Cl)cnc1COc1ccc2c(c1)[C@@H](O)CCC2. The fraction of sp³-hybridized carbons (Fsp3) is 0.400. The van der Waals surface area contributed by atoms with Gasteiger partial charge < -0.3 is 14.4 Å². The lowest BCUT2D eigenvalue weighted by atomic mass is 9.89. The fourth-order valence-corrected chi connectivity index (χ4v) is 2.69. The quantitative estimate of drug-likeness (QED) is 0.946. The van der Waals surface area contributed by atoms with Gasteiger partial charge in [-0.25, -0.2) is 4.98 Å². The molecule has 1 N–H and O–H groups in total. The molecule has 5 heteroatoms. The topological polar surface area (TPSA) is 47.3 Å². The Morgan fingerprint density at radius 1 is 1.50 bits per heavy atom. The second-order valence-electron chi connectivity index (χ2n) is 5.11. The zero-order chi connectivity index (χ0) is 14.1. The van der Waals surface area contributed by atoms with Crippen molar-refractivity contribution in [1.82, 2.24) is 9.55 Å². The van der Waals surface area contributed by atoms with Crippen LogP contribution in [0.2, 0.25) is 5.15 Å². The predicted molar refractivity (Wildman–Crippen MR) is 76.9 cm³/mol. The second-order valence-corrected chi connectivity index (χ2v) is 5.50. The van der Waals surface area contributed by atoms with Gasteiger partial charge in [0.2, 0.25) is 0 Å². The maximum atomic E-state index is 10.0. The third-order valence-corrected chi connectivity index (χ3v) is 4.15. The maximum absolute atomic E-state index is 10.0. The normalized spacial score (nSPS) is 17.9. The first-order chi connectivity index (χ1) is 9.65. The smallest absolute Gasteiger partial charge is 0.147 e. The first kappa shape index (κ1) is 13.5. The number of hydrogen-bond acceptors (Lipinski definition) is 3. The Morgan fingerprint density at radius 2 is 2.35 bits per heavy atom. The first-order valence-electron chi connectivity index (χ1n) is 6.75. The van der Waals surface area contributed by atoms with E-state index in [0.29, 0.717) is 11.8 Å². The largest absolute Gasteiger partial charge is 0.486 e. The van der Waals surface area contributed by atoms with Crippen molar-refractivity contribution in [2.45, 2.75) is 32.0 Å². The molecule has 0 saturated carbocycles. The van der Waals surface area contributed by atoms with Gasteiger partial charge in [0.1, 0.15) is 23.3 Å². The van der Waals surface area contributed by atoms with Gasteiger partial charge in [0.15, 0.2) is 0 Å². The Kier molecular flexibility index (Phi) is 3.68. The van der Waals surface area contributed by atoms with E-state index in [2.05, 4.69) is 4.98 Å². The van der Waals surface area contributed by atoms with Gasteiger partial charge >= 0.3 is 0 Å². The highest BCUT2D eigenvalue weighted by atomic mass is 35.5. The van der Waals surface area contributed by atoms with E-state index < -0.39 is 0 Å². The van der Waals surface area contributed by atoms with Gasteiger partial charge in [0.05, 0.1) is 12.3 Å². The minimum atomic E-state index is -0.370. The first-order valence-corrected chi connectivity index (χ1v) is 7.12. The van der Waals surface area contributed by atoms with Gasteiger partial charge in [0.25, 0.3) is 0 Å². The molecule has 0 aliphatic heterocycles. The molecule has 0 unspecified atom stereocenters. The number of hydrogen-bond donors (Lipinski definition) is 1. The van der Waals surface area contributed by atoms with Gasteiger partial charge in [-0.3, -0.25) is 0 Å². The number of aliphatic hydroxyl groups is 1. The molecule has 1 aromatic heterocycles. The standard InChI is InChI=1S/C15H17ClN2O2/c1-18-14(16)8-17-15(18)9-20-11-6-5-10-3-2-4-13(19)12(10)7-11/h5-8,13,19H,2-4,9H2,1H3/t13-/m0/s1. The maximum Gasteiger partial charge on any atom is 0.147 e. The molecule has 3 rings (SSSR count). The summed E-state index contributed by atoms with van der Waals surface area (Å²) in [6.07, 6.45) is 4.13. The molecule has 0 bridgehead atoms. The van der Waals surface area contributed by atoms with Crippen LogP contribution in [-0.2, 0) is 20.1 Å². The minimum Gasteiger partial charge on any atom is -0.486 e. The fourth-order valence-electron chi connectivity index (χ4n) is 2.55. The Labute approximate surface area is 123 Å². The number of rotatable bonds is 3. The van der Waals surface area contributed by atoms with Crippen molar-refractivity contribution in [3.05, 3.63) is 46.5 Å².